The van der Waals surface area contributed by atoms with Gasteiger partial charge in [-0.1, -0.05) is 30.3 Å². The van der Waals surface area contributed by atoms with Crippen LogP contribution in [0.2, 0.25) is 0 Å². The molecule has 1 amide bonds. The fourth-order valence-electron chi connectivity index (χ4n) is 3.36. The minimum atomic E-state index is -3.55. The Balaban J connectivity index is 1.57. The first-order chi connectivity index (χ1) is 13.4. The van der Waals surface area contributed by atoms with E-state index in [1.807, 2.05) is 12.1 Å². The first kappa shape index (κ1) is 20.2. The van der Waals surface area contributed by atoms with Gasteiger partial charge in [0.15, 0.2) is 0 Å². The van der Waals surface area contributed by atoms with Gasteiger partial charge in [0.1, 0.15) is 6.54 Å². The molecular weight excluding hydrogens is 374 g/mol. The highest BCUT2D eigenvalue weighted by atomic mass is 32.2. The summed E-state index contributed by atoms with van der Waals surface area (Å²) in [6, 6.07) is 16.8. The van der Waals surface area contributed by atoms with Gasteiger partial charge in [0.25, 0.3) is 0 Å². The second-order valence-electron chi connectivity index (χ2n) is 7.10. The predicted molar refractivity (Wildman–Crippen MR) is 113 cm³/mol. The number of nitrogens with zero attached hydrogens (tertiary/aromatic N) is 2. The lowest BCUT2D eigenvalue weighted by atomic mass is 10.1. The van der Waals surface area contributed by atoms with Gasteiger partial charge >= 0.3 is 0 Å². The average molecular weight is 402 g/mol. The van der Waals surface area contributed by atoms with Crippen LogP contribution in [0.25, 0.3) is 0 Å². The van der Waals surface area contributed by atoms with Crippen LogP contribution in [0.3, 0.4) is 0 Å². The SMILES string of the molecule is CS(=O)(=O)N(CC(=O)NCc1ccc(N2CCCCC2)cc1)c1ccccc1. The molecule has 3 rings (SSSR count). The van der Waals surface area contributed by atoms with Gasteiger partial charge in [-0.3, -0.25) is 9.10 Å². The van der Waals surface area contributed by atoms with Crippen LogP contribution in [0, 0.1) is 0 Å². The second-order valence-corrected chi connectivity index (χ2v) is 9.00. The molecule has 1 fully saturated rings. The summed E-state index contributed by atoms with van der Waals surface area (Å²) in [6.45, 7) is 2.31. The summed E-state index contributed by atoms with van der Waals surface area (Å²) in [5.74, 6) is -0.339. The molecule has 0 aliphatic carbocycles. The van der Waals surface area contributed by atoms with Gasteiger partial charge in [0.2, 0.25) is 15.9 Å². The van der Waals surface area contributed by atoms with Gasteiger partial charge in [-0.05, 0) is 49.1 Å². The van der Waals surface area contributed by atoms with Crippen LogP contribution in [-0.2, 0) is 21.4 Å². The smallest absolute Gasteiger partial charge is 0.241 e. The normalized spacial score (nSPS) is 14.5. The number of amides is 1. The van der Waals surface area contributed by atoms with E-state index in [1.165, 1.54) is 24.9 Å². The third-order valence-electron chi connectivity index (χ3n) is 4.88. The van der Waals surface area contributed by atoms with Crippen molar-refractivity contribution in [2.24, 2.45) is 0 Å². The molecule has 0 bridgehead atoms. The summed E-state index contributed by atoms with van der Waals surface area (Å²) in [5, 5.41) is 2.81. The summed E-state index contributed by atoms with van der Waals surface area (Å²) in [4.78, 5) is 14.7. The lowest BCUT2D eigenvalue weighted by Gasteiger charge is -2.28. The molecule has 1 saturated heterocycles. The number of anilines is 2. The first-order valence-electron chi connectivity index (χ1n) is 9.57. The Morgan fingerprint density at radius 3 is 2.25 bits per heavy atom. The fourth-order valence-corrected chi connectivity index (χ4v) is 4.21. The molecule has 6 nitrogen and oxygen atoms in total. The fraction of sp³-hybridized carbons (Fsp3) is 0.381. The monoisotopic (exact) mass is 401 g/mol. The predicted octanol–water partition coefficient (Wildman–Crippen LogP) is 2.76. The Bertz CT molecular complexity index is 877. The molecule has 1 aliphatic heterocycles. The summed E-state index contributed by atoms with van der Waals surface area (Å²) in [7, 11) is -3.55. The summed E-state index contributed by atoms with van der Waals surface area (Å²) < 4.78 is 25.3. The molecule has 7 heteroatoms. The molecule has 2 aromatic rings. The molecule has 1 aliphatic rings. The van der Waals surface area contributed by atoms with Crippen molar-refractivity contribution in [3.8, 4) is 0 Å². The summed E-state index contributed by atoms with van der Waals surface area (Å²) in [6.07, 6.45) is 4.87. The van der Waals surface area contributed by atoms with Gasteiger partial charge in [-0.15, -0.1) is 0 Å². The Kier molecular flexibility index (Phi) is 6.57. The second kappa shape index (κ2) is 9.10. The Hall–Kier alpha value is -2.54. The van der Waals surface area contributed by atoms with Gasteiger partial charge in [-0.2, -0.15) is 0 Å². The van der Waals surface area contributed by atoms with Crippen LogP contribution in [0.5, 0.6) is 0 Å². The number of sulfonamides is 1. The maximum atomic E-state index is 12.3. The average Bonchev–Trinajstić information content (AvgIpc) is 2.71. The van der Waals surface area contributed by atoms with E-state index in [1.54, 1.807) is 30.3 Å². The number of rotatable bonds is 7. The highest BCUT2D eigenvalue weighted by Gasteiger charge is 2.20. The Morgan fingerprint density at radius 2 is 1.64 bits per heavy atom. The molecule has 0 aromatic heterocycles. The first-order valence-corrected chi connectivity index (χ1v) is 11.4. The summed E-state index contributed by atoms with van der Waals surface area (Å²) in [5.41, 5.74) is 2.67. The van der Waals surface area contributed by atoms with Crippen LogP contribution in [0.4, 0.5) is 11.4 Å². The zero-order valence-corrected chi connectivity index (χ0v) is 17.0. The molecule has 2 aromatic carbocycles. The van der Waals surface area contributed by atoms with Crippen LogP contribution >= 0.6 is 0 Å². The Morgan fingerprint density at radius 1 is 1.00 bits per heavy atom. The van der Waals surface area contributed by atoms with Crippen molar-refractivity contribution in [3.05, 3.63) is 60.2 Å². The molecule has 150 valence electrons. The van der Waals surface area contributed by atoms with Gasteiger partial charge in [-0.25, -0.2) is 8.42 Å². The molecule has 1 heterocycles. The van der Waals surface area contributed by atoms with E-state index in [0.717, 1.165) is 29.2 Å². The standard InChI is InChI=1S/C21H27N3O3S/c1-28(26,27)24(20-8-4-2-5-9-20)17-21(25)22-16-18-10-12-19(13-11-18)23-14-6-3-7-15-23/h2,4-5,8-13H,3,6-7,14-17H2,1H3,(H,22,25). The number of hydrogen-bond donors (Lipinski definition) is 1. The number of piperidine rings is 1. The van der Waals surface area contributed by atoms with E-state index < -0.39 is 10.0 Å². The zero-order valence-electron chi connectivity index (χ0n) is 16.2. The van der Waals surface area contributed by atoms with Crippen molar-refractivity contribution in [2.45, 2.75) is 25.8 Å². The van der Waals surface area contributed by atoms with Crippen molar-refractivity contribution >= 4 is 27.3 Å². The third-order valence-corrected chi connectivity index (χ3v) is 6.02. The number of para-hydroxylation sites is 1. The molecule has 28 heavy (non-hydrogen) atoms. The van der Waals surface area contributed by atoms with Gasteiger partial charge in [0.05, 0.1) is 11.9 Å². The molecule has 0 saturated carbocycles. The third kappa shape index (κ3) is 5.48. The maximum Gasteiger partial charge on any atom is 0.241 e. The lowest BCUT2D eigenvalue weighted by Crippen LogP contribution is -2.40. The van der Waals surface area contributed by atoms with Crippen molar-refractivity contribution in [1.82, 2.24) is 5.32 Å². The molecule has 0 radical (unpaired) electrons. The van der Waals surface area contributed by atoms with Crippen LogP contribution < -0.4 is 14.5 Å². The van der Waals surface area contributed by atoms with E-state index in [4.69, 9.17) is 0 Å². The van der Waals surface area contributed by atoms with Crippen molar-refractivity contribution in [2.75, 3.05) is 35.1 Å². The number of nitrogens with one attached hydrogen (secondary N) is 1. The summed E-state index contributed by atoms with van der Waals surface area (Å²) >= 11 is 0. The molecule has 0 atom stereocenters. The Labute approximate surface area is 167 Å². The van der Waals surface area contributed by atoms with E-state index in [-0.39, 0.29) is 12.5 Å². The molecule has 0 spiro atoms. The maximum absolute atomic E-state index is 12.3. The van der Waals surface area contributed by atoms with Crippen molar-refractivity contribution in [1.29, 1.82) is 0 Å². The van der Waals surface area contributed by atoms with E-state index >= 15 is 0 Å². The molecule has 0 unspecified atom stereocenters. The highest BCUT2D eigenvalue weighted by Crippen LogP contribution is 2.20. The van der Waals surface area contributed by atoms with Crippen molar-refractivity contribution < 1.29 is 13.2 Å². The number of benzene rings is 2. The minimum Gasteiger partial charge on any atom is -0.372 e. The zero-order chi connectivity index (χ0) is 20.0. The number of carbonyl (C=O) groups excluding carboxylic acids is 1. The number of hydrogen-bond acceptors (Lipinski definition) is 4. The van der Waals surface area contributed by atoms with E-state index in [2.05, 4.69) is 22.3 Å². The minimum absolute atomic E-state index is 0.241. The molecular formula is C21H27N3O3S. The van der Waals surface area contributed by atoms with Crippen LogP contribution in [0.1, 0.15) is 24.8 Å². The van der Waals surface area contributed by atoms with E-state index in [9.17, 15) is 13.2 Å². The number of carbonyl (C=O) groups is 1. The lowest BCUT2D eigenvalue weighted by molar-refractivity contribution is -0.119. The van der Waals surface area contributed by atoms with Crippen LogP contribution in [0.15, 0.2) is 54.6 Å². The molecule has 1 N–H and O–H groups in total. The van der Waals surface area contributed by atoms with Crippen LogP contribution in [-0.4, -0.2) is 40.2 Å². The van der Waals surface area contributed by atoms with E-state index in [0.29, 0.717) is 12.2 Å². The topological polar surface area (TPSA) is 69.7 Å². The quantitative estimate of drug-likeness (QED) is 0.775. The van der Waals surface area contributed by atoms with Gasteiger partial charge in [0, 0.05) is 25.3 Å². The highest BCUT2D eigenvalue weighted by molar-refractivity contribution is 7.92. The van der Waals surface area contributed by atoms with Gasteiger partial charge < -0.3 is 10.2 Å². The largest absolute Gasteiger partial charge is 0.372 e. The van der Waals surface area contributed by atoms with Crippen molar-refractivity contribution in [3.63, 3.8) is 0 Å².